The highest BCUT2D eigenvalue weighted by Gasteiger charge is 2.36. The first-order valence-corrected chi connectivity index (χ1v) is 10.3. The summed E-state index contributed by atoms with van der Waals surface area (Å²) in [6.45, 7) is 2.24. The summed E-state index contributed by atoms with van der Waals surface area (Å²) in [6.07, 6.45) is 4.41. The molecule has 1 aliphatic rings. The zero-order valence-corrected chi connectivity index (χ0v) is 15.1. The number of anilines is 1. The van der Waals surface area contributed by atoms with Crippen molar-refractivity contribution in [2.24, 2.45) is 0 Å². The van der Waals surface area contributed by atoms with Crippen LogP contribution >= 0.6 is 0 Å². The fourth-order valence-corrected chi connectivity index (χ4v) is 5.04. The minimum absolute atomic E-state index is 0.0760. The van der Waals surface area contributed by atoms with Crippen molar-refractivity contribution in [3.05, 3.63) is 36.5 Å². The molecule has 3 rings (SSSR count). The molecule has 0 bridgehead atoms. The molecule has 1 aliphatic heterocycles. The maximum Gasteiger partial charge on any atom is 0.242 e. The molecule has 2 aromatic rings. The van der Waals surface area contributed by atoms with Crippen LogP contribution in [0.1, 0.15) is 32.6 Å². The predicted octanol–water partition coefficient (Wildman–Crippen LogP) is 2.77. The summed E-state index contributed by atoms with van der Waals surface area (Å²) in [5, 5.41) is 3.82. The van der Waals surface area contributed by atoms with E-state index in [2.05, 4.69) is 10.3 Å². The van der Waals surface area contributed by atoms with E-state index in [-0.39, 0.29) is 11.7 Å². The van der Waals surface area contributed by atoms with Gasteiger partial charge in [-0.15, -0.1) is 0 Å². The zero-order chi connectivity index (χ0) is 17.9. The van der Waals surface area contributed by atoms with E-state index in [1.807, 2.05) is 31.2 Å². The van der Waals surface area contributed by atoms with Gasteiger partial charge in [0.2, 0.25) is 15.9 Å². The molecule has 0 radical (unpaired) electrons. The van der Waals surface area contributed by atoms with Crippen molar-refractivity contribution in [3.63, 3.8) is 0 Å². The largest absolute Gasteiger partial charge is 0.323 e. The fraction of sp³-hybridized carbons (Fsp3) is 0.444. The Labute approximate surface area is 148 Å². The second-order valence-corrected chi connectivity index (χ2v) is 8.35. The summed E-state index contributed by atoms with van der Waals surface area (Å²) < 4.78 is 26.4. The molecule has 0 aliphatic carbocycles. The van der Waals surface area contributed by atoms with E-state index in [1.54, 1.807) is 12.3 Å². The smallest absolute Gasteiger partial charge is 0.242 e. The second-order valence-electron chi connectivity index (χ2n) is 6.31. The third kappa shape index (κ3) is 3.82. The number of carbonyl (C=O) groups is 1. The van der Waals surface area contributed by atoms with E-state index in [0.29, 0.717) is 30.6 Å². The summed E-state index contributed by atoms with van der Waals surface area (Å²) >= 11 is 0. The third-order valence-electron chi connectivity index (χ3n) is 4.47. The highest BCUT2D eigenvalue weighted by molar-refractivity contribution is 7.89. The molecular formula is C18H23N3O3S. The molecule has 1 atom stereocenters. The van der Waals surface area contributed by atoms with Crippen LogP contribution in [0, 0.1) is 0 Å². The Morgan fingerprint density at radius 2 is 2.08 bits per heavy atom. The molecule has 25 heavy (non-hydrogen) atoms. The molecule has 1 aromatic carbocycles. The van der Waals surface area contributed by atoms with E-state index < -0.39 is 16.1 Å². The Morgan fingerprint density at radius 1 is 1.28 bits per heavy atom. The monoisotopic (exact) mass is 361 g/mol. The molecule has 0 spiro atoms. The van der Waals surface area contributed by atoms with Crippen molar-refractivity contribution < 1.29 is 13.2 Å². The molecular weight excluding hydrogens is 338 g/mol. The minimum atomic E-state index is -3.41. The Hall–Kier alpha value is -1.99. The number of hydrogen-bond donors (Lipinski definition) is 1. The van der Waals surface area contributed by atoms with Crippen molar-refractivity contribution in [1.82, 2.24) is 9.29 Å². The van der Waals surface area contributed by atoms with Crippen LogP contribution in [0.4, 0.5) is 5.69 Å². The summed E-state index contributed by atoms with van der Waals surface area (Å²) in [5.41, 5.74) is 1.32. The van der Waals surface area contributed by atoms with Crippen LogP contribution in [0.25, 0.3) is 10.9 Å². The maximum atomic E-state index is 12.8. The van der Waals surface area contributed by atoms with Gasteiger partial charge in [-0.25, -0.2) is 8.42 Å². The molecule has 2 heterocycles. The number of aromatic nitrogens is 1. The second kappa shape index (κ2) is 7.49. The number of amides is 1. The Kier molecular flexibility index (Phi) is 5.34. The summed E-state index contributed by atoms with van der Waals surface area (Å²) in [6, 6.07) is 8.69. The quantitative estimate of drug-likeness (QED) is 0.888. The van der Waals surface area contributed by atoms with E-state index in [4.69, 9.17) is 0 Å². The number of sulfonamides is 1. The van der Waals surface area contributed by atoms with Crippen LogP contribution in [0.2, 0.25) is 0 Å². The van der Waals surface area contributed by atoms with Gasteiger partial charge in [0.25, 0.3) is 0 Å². The number of nitrogens with one attached hydrogen (secondary N) is 1. The number of fused-ring (bicyclic) bond motifs is 1. The normalized spacial score (nSPS) is 19.0. The van der Waals surface area contributed by atoms with E-state index in [9.17, 15) is 13.2 Å². The zero-order valence-electron chi connectivity index (χ0n) is 14.3. The highest BCUT2D eigenvalue weighted by Crippen LogP contribution is 2.25. The first-order chi connectivity index (χ1) is 12.0. The number of hydrogen-bond acceptors (Lipinski definition) is 4. The van der Waals surface area contributed by atoms with Gasteiger partial charge in [-0.3, -0.25) is 9.78 Å². The topological polar surface area (TPSA) is 79.4 Å². The van der Waals surface area contributed by atoms with E-state index >= 15 is 0 Å². The number of rotatable bonds is 5. The molecule has 134 valence electrons. The van der Waals surface area contributed by atoms with Gasteiger partial charge in [0.05, 0.1) is 17.0 Å². The number of nitrogens with zero attached hydrogens (tertiary/aromatic N) is 2. The van der Waals surface area contributed by atoms with Crippen LogP contribution in [0.15, 0.2) is 36.5 Å². The number of benzene rings is 1. The van der Waals surface area contributed by atoms with Gasteiger partial charge in [-0.2, -0.15) is 4.31 Å². The minimum Gasteiger partial charge on any atom is -0.323 e. The van der Waals surface area contributed by atoms with Gasteiger partial charge in [-0.1, -0.05) is 31.5 Å². The van der Waals surface area contributed by atoms with E-state index in [1.165, 1.54) is 4.31 Å². The Bertz CT molecular complexity index is 862. The molecule has 1 saturated heterocycles. The third-order valence-corrected chi connectivity index (χ3v) is 6.54. The van der Waals surface area contributed by atoms with Crippen LogP contribution in [0.5, 0.6) is 0 Å². The van der Waals surface area contributed by atoms with Crippen LogP contribution in [-0.4, -0.2) is 42.0 Å². The lowest BCUT2D eigenvalue weighted by Crippen LogP contribution is -2.50. The average Bonchev–Trinajstić information content (AvgIpc) is 2.62. The molecule has 1 fully saturated rings. The maximum absolute atomic E-state index is 12.8. The van der Waals surface area contributed by atoms with Crippen LogP contribution < -0.4 is 5.32 Å². The average molecular weight is 361 g/mol. The van der Waals surface area contributed by atoms with Gasteiger partial charge in [0.15, 0.2) is 0 Å². The molecule has 1 aromatic heterocycles. The molecule has 1 N–H and O–H groups in total. The van der Waals surface area contributed by atoms with Gasteiger partial charge < -0.3 is 5.32 Å². The van der Waals surface area contributed by atoms with Crippen molar-refractivity contribution in [2.75, 3.05) is 17.6 Å². The van der Waals surface area contributed by atoms with Crippen molar-refractivity contribution in [3.8, 4) is 0 Å². The molecule has 0 saturated carbocycles. The summed E-state index contributed by atoms with van der Waals surface area (Å²) in [7, 11) is -3.41. The standard InChI is InChI=1S/C18H23N3O3S/c1-2-13-25(23,24)21-12-4-3-10-16(21)18(22)20-15-9-5-7-14-8-6-11-19-17(14)15/h5-9,11,16H,2-4,10,12-13H2,1H3,(H,20,22). The number of pyridine rings is 1. The predicted molar refractivity (Wildman–Crippen MR) is 98.8 cm³/mol. The lowest BCUT2D eigenvalue weighted by Gasteiger charge is -2.33. The number of para-hydroxylation sites is 1. The number of piperidine rings is 1. The highest BCUT2D eigenvalue weighted by atomic mass is 32.2. The van der Waals surface area contributed by atoms with Crippen LogP contribution in [0.3, 0.4) is 0 Å². The summed E-state index contributed by atoms with van der Waals surface area (Å²) in [5.74, 6) is -0.204. The molecule has 7 heteroatoms. The SMILES string of the molecule is CCCS(=O)(=O)N1CCCCC1C(=O)Nc1cccc2cccnc12. The molecule has 1 unspecified atom stereocenters. The lowest BCUT2D eigenvalue weighted by atomic mass is 10.0. The van der Waals surface area contributed by atoms with Gasteiger partial charge in [0, 0.05) is 18.1 Å². The molecule has 6 nitrogen and oxygen atoms in total. The Morgan fingerprint density at radius 3 is 2.88 bits per heavy atom. The lowest BCUT2D eigenvalue weighted by molar-refractivity contribution is -0.120. The van der Waals surface area contributed by atoms with E-state index in [0.717, 1.165) is 18.2 Å². The van der Waals surface area contributed by atoms with Crippen molar-refractivity contribution >= 4 is 32.5 Å². The van der Waals surface area contributed by atoms with Crippen molar-refractivity contribution in [1.29, 1.82) is 0 Å². The van der Waals surface area contributed by atoms with Gasteiger partial charge in [0.1, 0.15) is 6.04 Å². The number of carbonyl (C=O) groups excluding carboxylic acids is 1. The Balaban J connectivity index is 1.85. The summed E-state index contributed by atoms with van der Waals surface area (Å²) in [4.78, 5) is 17.2. The van der Waals surface area contributed by atoms with Crippen LogP contribution in [-0.2, 0) is 14.8 Å². The molecule has 1 amide bonds. The first-order valence-electron chi connectivity index (χ1n) is 8.67. The fourth-order valence-electron chi connectivity index (χ4n) is 3.30. The van der Waals surface area contributed by atoms with Gasteiger partial charge in [-0.05, 0) is 31.4 Å². The first kappa shape index (κ1) is 17.8. The van der Waals surface area contributed by atoms with Crippen molar-refractivity contribution in [2.45, 2.75) is 38.6 Å². The van der Waals surface area contributed by atoms with Gasteiger partial charge >= 0.3 is 0 Å².